The molecule has 1 aliphatic heterocycles. The summed E-state index contributed by atoms with van der Waals surface area (Å²) in [6.45, 7) is 1.99. The minimum Gasteiger partial charge on any atom is -0.459 e. The van der Waals surface area contributed by atoms with Gasteiger partial charge in [-0.25, -0.2) is 4.79 Å². The molecule has 0 amide bonds. The SMILES string of the molecule is C/C=C/CCC1CC=CC(=O)O1. The average Bonchev–Trinajstić information content (AvgIpc) is 2.05. The van der Waals surface area contributed by atoms with Crippen LogP contribution in [0.3, 0.4) is 0 Å². The molecule has 0 radical (unpaired) electrons. The lowest BCUT2D eigenvalue weighted by Crippen LogP contribution is -2.19. The first kappa shape index (κ1) is 9.04. The van der Waals surface area contributed by atoms with Crippen LogP contribution in [0.15, 0.2) is 24.3 Å². The van der Waals surface area contributed by atoms with Crippen LogP contribution in [0.4, 0.5) is 0 Å². The normalized spacial score (nSPS) is 23.1. The number of esters is 1. The molecule has 0 fully saturated rings. The molecule has 0 aromatic carbocycles. The second kappa shape index (κ2) is 4.75. The van der Waals surface area contributed by atoms with Crippen LogP contribution in [0.2, 0.25) is 0 Å². The lowest BCUT2D eigenvalue weighted by molar-refractivity contribution is -0.144. The van der Waals surface area contributed by atoms with Crippen molar-refractivity contribution >= 4 is 5.97 Å². The van der Waals surface area contributed by atoms with Crippen LogP contribution >= 0.6 is 0 Å². The van der Waals surface area contributed by atoms with Crippen molar-refractivity contribution in [2.45, 2.75) is 32.3 Å². The average molecular weight is 166 g/mol. The van der Waals surface area contributed by atoms with Gasteiger partial charge < -0.3 is 4.74 Å². The van der Waals surface area contributed by atoms with E-state index in [0.717, 1.165) is 19.3 Å². The van der Waals surface area contributed by atoms with Crippen molar-refractivity contribution in [3.05, 3.63) is 24.3 Å². The van der Waals surface area contributed by atoms with Gasteiger partial charge >= 0.3 is 5.97 Å². The zero-order valence-corrected chi connectivity index (χ0v) is 7.32. The molecular formula is C10H14O2. The summed E-state index contributed by atoms with van der Waals surface area (Å²) in [7, 11) is 0. The molecule has 12 heavy (non-hydrogen) atoms. The molecule has 0 aliphatic carbocycles. The quantitative estimate of drug-likeness (QED) is 0.474. The van der Waals surface area contributed by atoms with Crippen molar-refractivity contribution in [1.82, 2.24) is 0 Å². The molecule has 1 unspecified atom stereocenters. The fourth-order valence-electron chi connectivity index (χ4n) is 1.19. The highest BCUT2D eigenvalue weighted by Crippen LogP contribution is 2.12. The number of carbonyl (C=O) groups excluding carboxylic acids is 1. The number of rotatable bonds is 3. The summed E-state index contributed by atoms with van der Waals surface area (Å²) >= 11 is 0. The van der Waals surface area contributed by atoms with Gasteiger partial charge in [0.2, 0.25) is 0 Å². The molecular weight excluding hydrogens is 152 g/mol. The predicted molar refractivity (Wildman–Crippen MR) is 47.7 cm³/mol. The molecule has 1 atom stereocenters. The maximum atomic E-state index is 10.8. The first-order valence-electron chi connectivity index (χ1n) is 4.31. The molecule has 2 heteroatoms. The minimum absolute atomic E-state index is 0.0960. The van der Waals surface area contributed by atoms with Crippen molar-refractivity contribution in [3.8, 4) is 0 Å². The molecule has 2 nitrogen and oxygen atoms in total. The molecule has 1 aliphatic rings. The highest BCUT2D eigenvalue weighted by molar-refractivity contribution is 5.82. The Labute approximate surface area is 72.9 Å². The van der Waals surface area contributed by atoms with E-state index in [1.54, 1.807) is 0 Å². The first-order chi connectivity index (χ1) is 5.83. The van der Waals surface area contributed by atoms with Gasteiger partial charge in [-0.1, -0.05) is 18.2 Å². The van der Waals surface area contributed by atoms with Gasteiger partial charge in [-0.15, -0.1) is 0 Å². The van der Waals surface area contributed by atoms with Gasteiger partial charge in [0.15, 0.2) is 0 Å². The standard InChI is InChI=1S/C10H14O2/c1-2-3-4-6-9-7-5-8-10(11)12-9/h2-3,5,8-9H,4,6-7H2,1H3/b3-2+. The van der Waals surface area contributed by atoms with E-state index in [-0.39, 0.29) is 12.1 Å². The number of hydrogen-bond donors (Lipinski definition) is 0. The van der Waals surface area contributed by atoms with Crippen LogP contribution in [0, 0.1) is 0 Å². The number of ether oxygens (including phenoxy) is 1. The molecule has 0 saturated heterocycles. The van der Waals surface area contributed by atoms with Gasteiger partial charge in [-0.05, 0) is 19.8 Å². The summed E-state index contributed by atoms with van der Waals surface area (Å²) in [4.78, 5) is 10.8. The lowest BCUT2D eigenvalue weighted by Gasteiger charge is -2.17. The van der Waals surface area contributed by atoms with Gasteiger partial charge in [-0.3, -0.25) is 0 Å². The molecule has 1 rings (SSSR count). The van der Waals surface area contributed by atoms with E-state index in [1.165, 1.54) is 6.08 Å². The lowest BCUT2D eigenvalue weighted by atomic mass is 10.1. The summed E-state index contributed by atoms with van der Waals surface area (Å²) in [6.07, 6.45) is 10.4. The van der Waals surface area contributed by atoms with Crippen molar-refractivity contribution in [2.24, 2.45) is 0 Å². The van der Waals surface area contributed by atoms with E-state index >= 15 is 0 Å². The van der Waals surface area contributed by atoms with E-state index in [9.17, 15) is 4.79 Å². The van der Waals surface area contributed by atoms with E-state index in [4.69, 9.17) is 4.74 Å². The summed E-state index contributed by atoms with van der Waals surface area (Å²) < 4.78 is 5.07. The van der Waals surface area contributed by atoms with Crippen molar-refractivity contribution < 1.29 is 9.53 Å². The Hall–Kier alpha value is -1.05. The maximum absolute atomic E-state index is 10.8. The highest BCUT2D eigenvalue weighted by Gasteiger charge is 2.14. The number of hydrogen-bond acceptors (Lipinski definition) is 2. The maximum Gasteiger partial charge on any atom is 0.330 e. The van der Waals surface area contributed by atoms with Gasteiger partial charge in [0.05, 0.1) is 0 Å². The monoisotopic (exact) mass is 166 g/mol. The fourth-order valence-corrected chi connectivity index (χ4v) is 1.19. The second-order valence-corrected chi connectivity index (χ2v) is 2.84. The molecule has 1 heterocycles. The molecule has 0 N–H and O–H groups in total. The largest absolute Gasteiger partial charge is 0.459 e. The Morgan fingerprint density at radius 2 is 2.58 bits per heavy atom. The van der Waals surface area contributed by atoms with E-state index < -0.39 is 0 Å². The molecule has 0 aromatic heterocycles. The van der Waals surface area contributed by atoms with Crippen LogP contribution in [0.1, 0.15) is 26.2 Å². The van der Waals surface area contributed by atoms with Crippen LogP contribution in [0.5, 0.6) is 0 Å². The summed E-state index contributed by atoms with van der Waals surface area (Å²) in [5.74, 6) is -0.202. The third-order valence-corrected chi connectivity index (χ3v) is 1.83. The Bertz CT molecular complexity index is 204. The topological polar surface area (TPSA) is 26.3 Å². The third kappa shape index (κ3) is 2.91. The highest BCUT2D eigenvalue weighted by atomic mass is 16.5. The van der Waals surface area contributed by atoms with Gasteiger partial charge in [0.25, 0.3) is 0 Å². The second-order valence-electron chi connectivity index (χ2n) is 2.84. The zero-order valence-electron chi connectivity index (χ0n) is 7.32. The van der Waals surface area contributed by atoms with Crippen molar-refractivity contribution in [2.75, 3.05) is 0 Å². The first-order valence-corrected chi connectivity index (χ1v) is 4.31. The fraction of sp³-hybridized carbons (Fsp3) is 0.500. The van der Waals surface area contributed by atoms with Crippen LogP contribution in [0.25, 0.3) is 0 Å². The Balaban J connectivity index is 2.25. The molecule has 66 valence electrons. The van der Waals surface area contributed by atoms with Crippen LogP contribution in [-0.2, 0) is 9.53 Å². The third-order valence-electron chi connectivity index (χ3n) is 1.83. The molecule has 0 spiro atoms. The minimum atomic E-state index is -0.202. The van der Waals surface area contributed by atoms with Crippen molar-refractivity contribution in [1.29, 1.82) is 0 Å². The summed E-state index contributed by atoms with van der Waals surface area (Å²) in [5.41, 5.74) is 0. The van der Waals surface area contributed by atoms with Gasteiger partial charge in [-0.2, -0.15) is 0 Å². The predicted octanol–water partition coefficient (Wildman–Crippen LogP) is 2.21. The molecule has 0 saturated carbocycles. The summed E-state index contributed by atoms with van der Waals surface area (Å²) in [5, 5.41) is 0. The zero-order chi connectivity index (χ0) is 8.81. The van der Waals surface area contributed by atoms with E-state index in [2.05, 4.69) is 6.08 Å². The van der Waals surface area contributed by atoms with Crippen LogP contribution < -0.4 is 0 Å². The van der Waals surface area contributed by atoms with E-state index in [0.29, 0.717) is 0 Å². The van der Waals surface area contributed by atoms with E-state index in [1.807, 2.05) is 19.1 Å². The van der Waals surface area contributed by atoms with Crippen molar-refractivity contribution in [3.63, 3.8) is 0 Å². The smallest absolute Gasteiger partial charge is 0.330 e. The van der Waals surface area contributed by atoms with Gasteiger partial charge in [0.1, 0.15) is 6.10 Å². The number of carbonyl (C=O) groups is 1. The Morgan fingerprint density at radius 1 is 1.75 bits per heavy atom. The molecule has 0 bridgehead atoms. The number of cyclic esters (lactones) is 1. The number of allylic oxidation sites excluding steroid dienone is 2. The Kier molecular flexibility index (Phi) is 3.58. The van der Waals surface area contributed by atoms with Crippen LogP contribution in [-0.4, -0.2) is 12.1 Å². The molecule has 0 aromatic rings. The summed E-state index contributed by atoms with van der Waals surface area (Å²) in [6, 6.07) is 0. The van der Waals surface area contributed by atoms with Gasteiger partial charge in [0, 0.05) is 12.5 Å². The Morgan fingerprint density at radius 3 is 3.25 bits per heavy atom.